The summed E-state index contributed by atoms with van der Waals surface area (Å²) in [6.45, 7) is 0. The van der Waals surface area contributed by atoms with Crippen LogP contribution in [0.2, 0.25) is 0 Å². The molecule has 1 fully saturated rings. The van der Waals surface area contributed by atoms with Crippen LogP contribution in [-0.4, -0.2) is 46.6 Å². The van der Waals surface area contributed by atoms with Crippen molar-refractivity contribution in [1.29, 1.82) is 0 Å². The Morgan fingerprint density at radius 1 is 1.15 bits per heavy atom. The van der Waals surface area contributed by atoms with E-state index in [2.05, 4.69) is 15.4 Å². The fraction of sp³-hybridized carbons (Fsp3) is 0.391. The van der Waals surface area contributed by atoms with Gasteiger partial charge in [0.05, 0.1) is 31.3 Å². The van der Waals surface area contributed by atoms with Crippen LogP contribution in [0.15, 0.2) is 41.5 Å². The summed E-state index contributed by atoms with van der Waals surface area (Å²) in [6.07, 6.45) is 6.53. The van der Waals surface area contributed by atoms with E-state index in [0.29, 0.717) is 16.8 Å². The van der Waals surface area contributed by atoms with Crippen LogP contribution in [0.25, 0.3) is 10.9 Å². The Labute approximate surface area is 190 Å². The van der Waals surface area contributed by atoms with Crippen LogP contribution >= 0.6 is 0 Å². The minimum atomic E-state index is -0.431. The normalized spacial score (nSPS) is 18.0. The lowest BCUT2D eigenvalue weighted by atomic mass is 9.91. The Balaban J connectivity index is 1.54. The molecule has 3 aromatic rings. The Kier molecular flexibility index (Phi) is 6.34. The van der Waals surface area contributed by atoms with Gasteiger partial charge in [0.2, 0.25) is 0 Å². The summed E-state index contributed by atoms with van der Waals surface area (Å²) in [4.78, 5) is 36.6. The van der Waals surface area contributed by atoms with Gasteiger partial charge in [0.25, 0.3) is 11.5 Å². The Morgan fingerprint density at radius 2 is 1.91 bits per heavy atom. The number of hydrogen-bond donors (Lipinski definition) is 2. The van der Waals surface area contributed by atoms with Gasteiger partial charge in [0.15, 0.2) is 0 Å². The number of carbonyl (C=O) groups is 2. The molecular weight excluding hydrogens is 426 g/mol. The third-order valence-electron chi connectivity index (χ3n) is 6.04. The number of carbonyl (C=O) groups excluding carboxylic acids is 2. The molecule has 0 spiro atoms. The summed E-state index contributed by atoms with van der Waals surface area (Å²) >= 11 is 0. The van der Waals surface area contributed by atoms with E-state index in [-0.39, 0.29) is 23.3 Å². The first-order valence-electron chi connectivity index (χ1n) is 10.8. The number of fused-ring (bicyclic) bond motifs is 1. The van der Waals surface area contributed by atoms with E-state index < -0.39 is 12.0 Å². The topological polar surface area (TPSA) is 116 Å². The Bertz CT molecular complexity index is 1240. The van der Waals surface area contributed by atoms with Gasteiger partial charge >= 0.3 is 6.09 Å². The number of pyridine rings is 1. The molecule has 4 rings (SSSR count). The van der Waals surface area contributed by atoms with Crippen molar-refractivity contribution in [3.8, 4) is 5.75 Å². The van der Waals surface area contributed by atoms with Crippen molar-refractivity contribution in [1.82, 2.24) is 19.7 Å². The number of anilines is 1. The highest BCUT2D eigenvalue weighted by atomic mass is 16.5. The van der Waals surface area contributed by atoms with Crippen LogP contribution in [0, 0.1) is 0 Å². The van der Waals surface area contributed by atoms with Crippen molar-refractivity contribution < 1.29 is 19.1 Å². The van der Waals surface area contributed by atoms with Crippen molar-refractivity contribution in [2.75, 3.05) is 19.5 Å². The molecule has 2 heterocycles. The molecule has 1 aliphatic carbocycles. The Morgan fingerprint density at radius 3 is 2.61 bits per heavy atom. The SMILES string of the molecule is COC(=O)NC1CCC(n2cc3cc(C(=O)Nc4cccn(C)c4=O)c(OC)cc3n2)CC1. The molecule has 174 valence electrons. The molecule has 2 aromatic heterocycles. The molecular formula is C23H27N5O5. The number of aromatic nitrogens is 3. The first-order chi connectivity index (χ1) is 15.9. The summed E-state index contributed by atoms with van der Waals surface area (Å²) in [5.74, 6) is -0.0526. The zero-order valence-corrected chi connectivity index (χ0v) is 18.8. The first kappa shape index (κ1) is 22.4. The van der Waals surface area contributed by atoms with Crippen molar-refractivity contribution in [3.05, 3.63) is 52.6 Å². The van der Waals surface area contributed by atoms with Gasteiger partial charge < -0.3 is 24.7 Å². The summed E-state index contributed by atoms with van der Waals surface area (Å²) in [7, 11) is 4.47. The van der Waals surface area contributed by atoms with Crippen LogP contribution in [0.1, 0.15) is 42.1 Å². The quantitative estimate of drug-likeness (QED) is 0.614. The Hall–Kier alpha value is -3.82. The van der Waals surface area contributed by atoms with Crippen LogP contribution in [0.3, 0.4) is 0 Å². The molecule has 0 saturated heterocycles. The summed E-state index contributed by atoms with van der Waals surface area (Å²) in [5.41, 5.74) is 0.937. The number of rotatable bonds is 5. The summed E-state index contributed by atoms with van der Waals surface area (Å²) in [5, 5.41) is 11.0. The molecule has 0 aliphatic heterocycles. The second-order valence-corrected chi connectivity index (χ2v) is 8.15. The lowest BCUT2D eigenvalue weighted by Gasteiger charge is -2.28. The largest absolute Gasteiger partial charge is 0.496 e. The highest BCUT2D eigenvalue weighted by Crippen LogP contribution is 2.31. The monoisotopic (exact) mass is 453 g/mol. The molecule has 0 atom stereocenters. The second-order valence-electron chi connectivity index (χ2n) is 8.15. The molecule has 0 bridgehead atoms. The molecule has 2 N–H and O–H groups in total. The third-order valence-corrected chi connectivity index (χ3v) is 6.04. The number of nitrogens with one attached hydrogen (secondary N) is 2. The van der Waals surface area contributed by atoms with E-state index in [1.165, 1.54) is 18.8 Å². The molecule has 0 radical (unpaired) electrons. The fourth-order valence-electron chi connectivity index (χ4n) is 4.20. The highest BCUT2D eigenvalue weighted by molar-refractivity contribution is 6.08. The van der Waals surface area contributed by atoms with Crippen LogP contribution in [0.5, 0.6) is 5.75 Å². The van der Waals surface area contributed by atoms with Crippen LogP contribution in [0.4, 0.5) is 10.5 Å². The van der Waals surface area contributed by atoms with Crippen molar-refractivity contribution >= 4 is 28.6 Å². The number of alkyl carbamates (subject to hydrolysis) is 1. The van der Waals surface area contributed by atoms with E-state index in [1.807, 2.05) is 10.9 Å². The number of nitrogens with zero attached hydrogens (tertiary/aromatic N) is 3. The molecule has 1 saturated carbocycles. The minimum Gasteiger partial charge on any atom is -0.496 e. The first-order valence-corrected chi connectivity index (χ1v) is 10.8. The molecule has 1 aromatic carbocycles. The molecule has 1 aliphatic rings. The van der Waals surface area contributed by atoms with Gasteiger partial charge in [0, 0.05) is 36.9 Å². The van der Waals surface area contributed by atoms with Gasteiger partial charge in [-0.3, -0.25) is 14.3 Å². The summed E-state index contributed by atoms with van der Waals surface area (Å²) < 4.78 is 13.4. The molecule has 10 nitrogen and oxygen atoms in total. The maximum atomic E-state index is 12.9. The molecule has 33 heavy (non-hydrogen) atoms. The standard InChI is InChI=1S/C23H27N5O5/c1-27-10-4-5-18(22(27)30)25-21(29)17-11-14-13-28(26-19(14)12-20(17)32-2)16-8-6-15(7-9-16)24-23(31)33-3/h4-5,10-13,15-16H,6-9H2,1-3H3,(H,24,31)(H,25,29). The highest BCUT2D eigenvalue weighted by Gasteiger charge is 2.25. The zero-order chi connectivity index (χ0) is 23.5. The zero-order valence-electron chi connectivity index (χ0n) is 18.8. The average Bonchev–Trinajstić information content (AvgIpc) is 3.24. The smallest absolute Gasteiger partial charge is 0.407 e. The van der Waals surface area contributed by atoms with Crippen molar-refractivity contribution in [2.45, 2.75) is 37.8 Å². The van der Waals surface area contributed by atoms with Gasteiger partial charge in [-0.2, -0.15) is 5.10 Å². The van der Waals surface area contributed by atoms with Gasteiger partial charge in [-0.15, -0.1) is 0 Å². The second kappa shape index (κ2) is 9.35. The van der Waals surface area contributed by atoms with Gasteiger partial charge in [-0.05, 0) is 43.9 Å². The summed E-state index contributed by atoms with van der Waals surface area (Å²) in [6, 6.07) is 7.01. The van der Waals surface area contributed by atoms with Crippen LogP contribution in [-0.2, 0) is 11.8 Å². The lowest BCUT2D eigenvalue weighted by molar-refractivity contribution is 0.102. The maximum Gasteiger partial charge on any atom is 0.407 e. The molecule has 0 unspecified atom stereocenters. The van der Waals surface area contributed by atoms with E-state index in [9.17, 15) is 14.4 Å². The predicted octanol–water partition coefficient (Wildman–Crippen LogP) is 2.84. The lowest BCUT2D eigenvalue weighted by Crippen LogP contribution is -2.37. The number of benzene rings is 1. The van der Waals surface area contributed by atoms with Gasteiger partial charge in [-0.25, -0.2) is 4.79 Å². The average molecular weight is 453 g/mol. The van der Waals surface area contributed by atoms with Crippen molar-refractivity contribution in [2.24, 2.45) is 7.05 Å². The van der Waals surface area contributed by atoms with E-state index in [1.54, 1.807) is 37.5 Å². The molecule has 2 amide bonds. The number of amides is 2. The number of hydrogen-bond acceptors (Lipinski definition) is 6. The minimum absolute atomic E-state index is 0.0970. The van der Waals surface area contributed by atoms with Crippen LogP contribution < -0.4 is 20.9 Å². The number of ether oxygens (including phenoxy) is 2. The van der Waals surface area contributed by atoms with Crippen molar-refractivity contribution in [3.63, 3.8) is 0 Å². The van der Waals surface area contributed by atoms with Gasteiger partial charge in [-0.1, -0.05) is 0 Å². The number of aryl methyl sites for hydroxylation is 1. The number of methoxy groups -OCH3 is 2. The fourth-order valence-corrected chi connectivity index (χ4v) is 4.20. The third kappa shape index (κ3) is 4.69. The van der Waals surface area contributed by atoms with Gasteiger partial charge in [0.1, 0.15) is 11.4 Å². The molecule has 10 heteroatoms. The maximum absolute atomic E-state index is 12.9. The van der Waals surface area contributed by atoms with E-state index in [4.69, 9.17) is 9.84 Å². The van der Waals surface area contributed by atoms with E-state index >= 15 is 0 Å². The van der Waals surface area contributed by atoms with E-state index in [0.717, 1.165) is 31.1 Å². The predicted molar refractivity (Wildman–Crippen MR) is 123 cm³/mol.